The molecule has 0 spiro atoms. The second kappa shape index (κ2) is 6.93. The zero-order valence-corrected chi connectivity index (χ0v) is 14.3. The fraction of sp³-hybridized carbons (Fsp3) is 0.579. The van der Waals surface area contributed by atoms with Crippen LogP contribution in [0.15, 0.2) is 28.7 Å². The molecule has 1 atom stereocenters. The molecule has 1 saturated heterocycles. The van der Waals surface area contributed by atoms with Crippen molar-refractivity contribution >= 4 is 0 Å². The summed E-state index contributed by atoms with van der Waals surface area (Å²) in [5.41, 5.74) is 0.941. The van der Waals surface area contributed by atoms with Gasteiger partial charge in [-0.15, -0.1) is 10.2 Å². The van der Waals surface area contributed by atoms with Gasteiger partial charge in [0, 0.05) is 18.2 Å². The monoisotopic (exact) mass is 327 g/mol. The van der Waals surface area contributed by atoms with Crippen LogP contribution in [0.5, 0.6) is 5.75 Å². The minimum atomic E-state index is 0.381. The van der Waals surface area contributed by atoms with E-state index >= 15 is 0 Å². The highest BCUT2D eigenvalue weighted by Gasteiger charge is 2.32. The van der Waals surface area contributed by atoms with Gasteiger partial charge in [0.2, 0.25) is 11.8 Å². The van der Waals surface area contributed by atoms with Gasteiger partial charge in [-0.2, -0.15) is 0 Å². The number of nitrogens with zero attached hydrogens (tertiary/aromatic N) is 3. The van der Waals surface area contributed by atoms with E-state index in [-0.39, 0.29) is 0 Å². The third-order valence-corrected chi connectivity index (χ3v) is 5.44. The zero-order valence-electron chi connectivity index (χ0n) is 14.3. The van der Waals surface area contributed by atoms with E-state index in [1.54, 1.807) is 7.11 Å². The maximum absolute atomic E-state index is 5.97. The van der Waals surface area contributed by atoms with Crippen LogP contribution in [0.3, 0.4) is 0 Å². The van der Waals surface area contributed by atoms with Crippen molar-refractivity contribution in [2.75, 3.05) is 20.2 Å². The second-order valence-electron chi connectivity index (χ2n) is 6.95. The molecule has 0 radical (unpaired) electrons. The zero-order chi connectivity index (χ0) is 16.4. The Bertz CT molecular complexity index is 662. The number of methoxy groups -OCH3 is 1. The average Bonchev–Trinajstić information content (AvgIpc) is 3.32. The van der Waals surface area contributed by atoms with E-state index in [0.29, 0.717) is 11.8 Å². The quantitative estimate of drug-likeness (QED) is 0.853. The standard InChI is InChI=1S/C19H25N3O2/c1-23-17-9-7-14(8-10-17)18-20-21-19(24-18)15-11-12-22(13-15)16-5-3-2-4-6-16/h7-10,15-16H,2-6,11-13H2,1H3. The first-order valence-corrected chi connectivity index (χ1v) is 9.05. The van der Waals surface area contributed by atoms with E-state index in [1.807, 2.05) is 24.3 Å². The fourth-order valence-corrected chi connectivity index (χ4v) is 4.02. The van der Waals surface area contributed by atoms with E-state index in [2.05, 4.69) is 15.1 Å². The van der Waals surface area contributed by atoms with Gasteiger partial charge < -0.3 is 9.15 Å². The molecular formula is C19H25N3O2. The summed E-state index contributed by atoms with van der Waals surface area (Å²) in [6.07, 6.45) is 8.01. The Morgan fingerprint density at radius 2 is 1.83 bits per heavy atom. The molecular weight excluding hydrogens is 302 g/mol. The largest absolute Gasteiger partial charge is 0.497 e. The normalized spacial score (nSPS) is 22.8. The summed E-state index contributed by atoms with van der Waals surface area (Å²) in [7, 11) is 1.66. The summed E-state index contributed by atoms with van der Waals surface area (Å²) < 4.78 is 11.2. The van der Waals surface area contributed by atoms with Crippen LogP contribution in [-0.4, -0.2) is 41.3 Å². The fourth-order valence-electron chi connectivity index (χ4n) is 4.02. The van der Waals surface area contributed by atoms with E-state index in [1.165, 1.54) is 32.1 Å². The van der Waals surface area contributed by atoms with Gasteiger partial charge in [-0.1, -0.05) is 19.3 Å². The van der Waals surface area contributed by atoms with Crippen molar-refractivity contribution in [3.05, 3.63) is 30.2 Å². The van der Waals surface area contributed by atoms with Crippen molar-refractivity contribution in [3.63, 3.8) is 0 Å². The Labute approximate surface area is 143 Å². The maximum atomic E-state index is 5.97. The van der Waals surface area contributed by atoms with Gasteiger partial charge in [-0.05, 0) is 50.1 Å². The van der Waals surface area contributed by atoms with Crippen molar-refractivity contribution in [1.82, 2.24) is 15.1 Å². The van der Waals surface area contributed by atoms with E-state index in [0.717, 1.165) is 42.8 Å². The van der Waals surface area contributed by atoms with E-state index in [9.17, 15) is 0 Å². The number of ether oxygens (including phenoxy) is 1. The minimum absolute atomic E-state index is 0.381. The molecule has 1 aromatic heterocycles. The molecule has 24 heavy (non-hydrogen) atoms. The molecule has 4 rings (SSSR count). The Morgan fingerprint density at radius 3 is 2.58 bits per heavy atom. The van der Waals surface area contributed by atoms with Crippen molar-refractivity contribution in [2.24, 2.45) is 0 Å². The molecule has 2 heterocycles. The van der Waals surface area contributed by atoms with Gasteiger partial charge in [0.1, 0.15) is 5.75 Å². The van der Waals surface area contributed by atoms with Crippen LogP contribution in [0, 0.1) is 0 Å². The molecule has 1 aliphatic carbocycles. The third-order valence-electron chi connectivity index (χ3n) is 5.44. The SMILES string of the molecule is COc1ccc(-c2nnc(C3CCN(C4CCCCC4)C3)o2)cc1. The second-order valence-corrected chi connectivity index (χ2v) is 6.95. The van der Waals surface area contributed by atoms with Crippen LogP contribution in [0.2, 0.25) is 0 Å². The maximum Gasteiger partial charge on any atom is 0.247 e. The van der Waals surface area contributed by atoms with Crippen LogP contribution in [-0.2, 0) is 0 Å². The van der Waals surface area contributed by atoms with Crippen LogP contribution >= 0.6 is 0 Å². The van der Waals surface area contributed by atoms with Gasteiger partial charge in [-0.25, -0.2) is 0 Å². The number of hydrogen-bond donors (Lipinski definition) is 0. The highest BCUT2D eigenvalue weighted by atomic mass is 16.5. The molecule has 1 saturated carbocycles. The highest BCUT2D eigenvalue weighted by molar-refractivity contribution is 5.54. The van der Waals surface area contributed by atoms with Crippen molar-refractivity contribution in [2.45, 2.75) is 50.5 Å². The molecule has 2 aliphatic rings. The first-order chi connectivity index (χ1) is 11.8. The van der Waals surface area contributed by atoms with Gasteiger partial charge in [0.25, 0.3) is 0 Å². The molecule has 0 bridgehead atoms. The van der Waals surface area contributed by atoms with Crippen molar-refractivity contribution in [1.29, 1.82) is 0 Å². The first kappa shape index (κ1) is 15.6. The Morgan fingerprint density at radius 1 is 1.04 bits per heavy atom. The summed E-state index contributed by atoms with van der Waals surface area (Å²) in [5.74, 6) is 2.60. The van der Waals surface area contributed by atoms with Crippen LogP contribution < -0.4 is 4.74 Å². The Kier molecular flexibility index (Phi) is 4.52. The number of aromatic nitrogens is 2. The molecule has 128 valence electrons. The number of benzene rings is 1. The lowest BCUT2D eigenvalue weighted by Crippen LogP contribution is -2.34. The van der Waals surface area contributed by atoms with Gasteiger partial charge in [0.15, 0.2) is 0 Å². The van der Waals surface area contributed by atoms with Gasteiger partial charge in [-0.3, -0.25) is 4.90 Å². The average molecular weight is 327 g/mol. The molecule has 2 aromatic rings. The van der Waals surface area contributed by atoms with Gasteiger partial charge in [0.05, 0.1) is 13.0 Å². The van der Waals surface area contributed by atoms with E-state index < -0.39 is 0 Å². The molecule has 1 aliphatic heterocycles. The molecule has 0 amide bonds. The predicted octanol–water partition coefficient (Wildman–Crippen LogP) is 3.87. The molecule has 1 aromatic carbocycles. The van der Waals surface area contributed by atoms with Crippen LogP contribution in [0.4, 0.5) is 0 Å². The topological polar surface area (TPSA) is 51.4 Å². The lowest BCUT2D eigenvalue weighted by Gasteiger charge is -2.30. The third kappa shape index (κ3) is 3.18. The molecule has 5 heteroatoms. The summed E-state index contributed by atoms with van der Waals surface area (Å²) in [4.78, 5) is 2.64. The summed E-state index contributed by atoms with van der Waals surface area (Å²) in [6.45, 7) is 2.23. The molecule has 1 unspecified atom stereocenters. The van der Waals surface area contributed by atoms with E-state index in [4.69, 9.17) is 9.15 Å². The van der Waals surface area contributed by atoms with Crippen molar-refractivity contribution in [3.8, 4) is 17.2 Å². The molecule has 0 N–H and O–H groups in total. The summed E-state index contributed by atoms with van der Waals surface area (Å²) >= 11 is 0. The van der Waals surface area contributed by atoms with Gasteiger partial charge >= 0.3 is 0 Å². The predicted molar refractivity (Wildman–Crippen MR) is 92.1 cm³/mol. The highest BCUT2D eigenvalue weighted by Crippen LogP contribution is 2.33. The molecule has 2 fully saturated rings. The minimum Gasteiger partial charge on any atom is -0.497 e. The van der Waals surface area contributed by atoms with Crippen molar-refractivity contribution < 1.29 is 9.15 Å². The Balaban J connectivity index is 1.43. The number of hydrogen-bond acceptors (Lipinski definition) is 5. The lowest BCUT2D eigenvalue weighted by molar-refractivity contribution is 0.187. The summed E-state index contributed by atoms with van der Waals surface area (Å²) in [6, 6.07) is 8.52. The van der Waals surface area contributed by atoms with Crippen LogP contribution in [0.25, 0.3) is 11.5 Å². The molecule has 5 nitrogen and oxygen atoms in total. The smallest absolute Gasteiger partial charge is 0.247 e. The summed E-state index contributed by atoms with van der Waals surface area (Å²) in [5, 5.41) is 8.57. The van der Waals surface area contributed by atoms with Crippen LogP contribution in [0.1, 0.15) is 50.3 Å². The number of rotatable bonds is 4. The number of likely N-dealkylation sites (tertiary alicyclic amines) is 1. The first-order valence-electron chi connectivity index (χ1n) is 9.05. The Hall–Kier alpha value is -1.88. The lowest BCUT2D eigenvalue weighted by atomic mass is 9.94.